The lowest BCUT2D eigenvalue weighted by molar-refractivity contribution is -0.129. The summed E-state index contributed by atoms with van der Waals surface area (Å²) in [6.07, 6.45) is 5.46. The molecule has 3 aromatic rings. The highest BCUT2D eigenvalue weighted by Gasteiger charge is 2.09. The minimum atomic E-state index is -0.114. The van der Waals surface area contributed by atoms with Gasteiger partial charge in [-0.1, -0.05) is 30.3 Å². The number of carbonyl (C=O) groups excluding carboxylic acids is 2. The normalized spacial score (nSPS) is 10.4. The van der Waals surface area contributed by atoms with Gasteiger partial charge in [-0.3, -0.25) is 14.3 Å². The van der Waals surface area contributed by atoms with E-state index in [9.17, 15) is 9.59 Å². The van der Waals surface area contributed by atoms with Crippen LogP contribution in [0.15, 0.2) is 61.1 Å². The maximum Gasteiger partial charge on any atom is 0.243 e. The molecule has 0 saturated carbocycles. The van der Waals surface area contributed by atoms with Crippen LogP contribution in [0.25, 0.3) is 11.1 Å². The molecule has 1 aromatic carbocycles. The summed E-state index contributed by atoms with van der Waals surface area (Å²) in [5.74, 6) is 0.352. The number of aromatic nitrogens is 3. The lowest BCUT2D eigenvalue weighted by Gasteiger charge is -2.09. The van der Waals surface area contributed by atoms with Crippen LogP contribution in [0.2, 0.25) is 0 Å². The van der Waals surface area contributed by atoms with Crippen molar-refractivity contribution in [3.05, 3.63) is 66.6 Å². The van der Waals surface area contributed by atoms with E-state index in [1.165, 1.54) is 4.90 Å². The second-order valence-electron chi connectivity index (χ2n) is 6.36. The van der Waals surface area contributed by atoms with Gasteiger partial charge in [0.2, 0.25) is 11.8 Å². The number of amides is 2. The van der Waals surface area contributed by atoms with Gasteiger partial charge in [-0.05, 0) is 17.7 Å². The number of carbonyl (C=O) groups is 2. The van der Waals surface area contributed by atoms with Gasteiger partial charge in [-0.25, -0.2) is 4.98 Å². The summed E-state index contributed by atoms with van der Waals surface area (Å²) in [5, 5.41) is 7.00. The summed E-state index contributed by atoms with van der Waals surface area (Å²) in [7, 11) is 3.42. The number of rotatable bonds is 6. The molecule has 0 atom stereocenters. The third-order valence-electron chi connectivity index (χ3n) is 4.00. The van der Waals surface area contributed by atoms with Crippen LogP contribution in [0.3, 0.4) is 0 Å². The van der Waals surface area contributed by atoms with Crippen LogP contribution in [0.4, 0.5) is 5.82 Å². The number of anilines is 1. The maximum atomic E-state index is 12.1. The first-order valence-electron chi connectivity index (χ1n) is 8.54. The number of nitrogens with one attached hydrogen (secondary N) is 1. The highest BCUT2D eigenvalue weighted by atomic mass is 16.2. The molecular weight excluding hydrogens is 342 g/mol. The van der Waals surface area contributed by atoms with Crippen molar-refractivity contribution in [2.45, 2.75) is 13.0 Å². The minimum Gasteiger partial charge on any atom is -0.347 e. The molecular formula is C20H21N5O2. The highest BCUT2D eigenvalue weighted by molar-refractivity contribution is 5.91. The van der Waals surface area contributed by atoms with Crippen molar-refractivity contribution in [2.75, 3.05) is 19.4 Å². The molecule has 7 nitrogen and oxygen atoms in total. The predicted octanol–water partition coefficient (Wildman–Crippen LogP) is 2.21. The first-order chi connectivity index (χ1) is 13.0. The molecule has 0 spiro atoms. The lowest BCUT2D eigenvalue weighted by atomic mass is 10.1. The quantitative estimate of drug-likeness (QED) is 0.728. The Balaban J connectivity index is 1.61. The van der Waals surface area contributed by atoms with Crippen LogP contribution in [-0.4, -0.2) is 45.6 Å². The van der Waals surface area contributed by atoms with Gasteiger partial charge in [-0.15, -0.1) is 0 Å². The van der Waals surface area contributed by atoms with Crippen molar-refractivity contribution in [3.8, 4) is 11.1 Å². The van der Waals surface area contributed by atoms with Crippen LogP contribution in [-0.2, 0) is 22.6 Å². The van der Waals surface area contributed by atoms with Crippen LogP contribution >= 0.6 is 0 Å². The number of nitrogens with zero attached hydrogens (tertiary/aromatic N) is 4. The lowest BCUT2D eigenvalue weighted by Crippen LogP contribution is -2.26. The summed E-state index contributed by atoms with van der Waals surface area (Å²) in [6, 6.07) is 13.2. The topological polar surface area (TPSA) is 80.1 Å². The largest absolute Gasteiger partial charge is 0.347 e. The number of hydrogen-bond acceptors (Lipinski definition) is 4. The molecule has 0 unspecified atom stereocenters. The summed E-state index contributed by atoms with van der Waals surface area (Å²) >= 11 is 0. The standard InChI is InChI=1S/C20H21N5O2/c1-24(2)20(27)14-25-13-17(12-22-25)16-8-9-18(21-11-16)23-19(26)10-15-6-4-3-5-7-15/h3-9,11-13H,10,14H2,1-2H3,(H,21,23,26). The summed E-state index contributed by atoms with van der Waals surface area (Å²) < 4.78 is 1.59. The number of hydrogen-bond donors (Lipinski definition) is 1. The molecule has 0 saturated heterocycles. The van der Waals surface area contributed by atoms with Gasteiger partial charge >= 0.3 is 0 Å². The van der Waals surface area contributed by atoms with Crippen LogP contribution in [0.1, 0.15) is 5.56 Å². The van der Waals surface area contributed by atoms with Gasteiger partial charge in [0, 0.05) is 37.6 Å². The van der Waals surface area contributed by atoms with Gasteiger partial charge < -0.3 is 10.2 Å². The molecule has 7 heteroatoms. The molecule has 1 N–H and O–H groups in total. The zero-order chi connectivity index (χ0) is 19.2. The Kier molecular flexibility index (Phi) is 5.61. The van der Waals surface area contributed by atoms with Crippen molar-refractivity contribution < 1.29 is 9.59 Å². The number of pyridine rings is 1. The molecule has 0 aliphatic carbocycles. The van der Waals surface area contributed by atoms with E-state index in [1.807, 2.05) is 36.4 Å². The monoisotopic (exact) mass is 363 g/mol. The van der Waals surface area contributed by atoms with Gasteiger partial charge in [0.25, 0.3) is 0 Å². The predicted molar refractivity (Wildman–Crippen MR) is 103 cm³/mol. The van der Waals surface area contributed by atoms with E-state index in [0.29, 0.717) is 12.2 Å². The Labute approximate surface area is 157 Å². The van der Waals surface area contributed by atoms with Gasteiger partial charge in [-0.2, -0.15) is 5.10 Å². The smallest absolute Gasteiger partial charge is 0.243 e. The van der Waals surface area contributed by atoms with Crippen molar-refractivity contribution in [2.24, 2.45) is 0 Å². The molecule has 3 rings (SSSR count). The van der Waals surface area contributed by atoms with Gasteiger partial charge in [0.15, 0.2) is 0 Å². The average molecular weight is 363 g/mol. The zero-order valence-corrected chi connectivity index (χ0v) is 15.3. The Bertz CT molecular complexity index is 917. The first-order valence-corrected chi connectivity index (χ1v) is 8.54. The van der Waals surface area contributed by atoms with Crippen LogP contribution in [0, 0.1) is 0 Å². The summed E-state index contributed by atoms with van der Waals surface area (Å²) in [5.41, 5.74) is 2.67. The van der Waals surface area contributed by atoms with E-state index in [2.05, 4.69) is 15.4 Å². The minimum absolute atomic E-state index is 0.0285. The fraction of sp³-hybridized carbons (Fsp3) is 0.200. The maximum absolute atomic E-state index is 12.1. The van der Waals surface area contributed by atoms with E-state index < -0.39 is 0 Å². The van der Waals surface area contributed by atoms with E-state index >= 15 is 0 Å². The first kappa shape index (κ1) is 18.3. The van der Waals surface area contributed by atoms with Crippen molar-refractivity contribution in [1.29, 1.82) is 0 Å². The van der Waals surface area contributed by atoms with E-state index in [1.54, 1.807) is 43.4 Å². The molecule has 0 radical (unpaired) electrons. The van der Waals surface area contributed by atoms with E-state index in [4.69, 9.17) is 0 Å². The molecule has 0 bridgehead atoms. The van der Waals surface area contributed by atoms with Crippen LogP contribution in [0.5, 0.6) is 0 Å². The SMILES string of the molecule is CN(C)C(=O)Cn1cc(-c2ccc(NC(=O)Cc3ccccc3)nc2)cn1. The van der Waals surface area contributed by atoms with E-state index in [-0.39, 0.29) is 18.4 Å². The highest BCUT2D eigenvalue weighted by Crippen LogP contribution is 2.19. The van der Waals surface area contributed by atoms with Gasteiger partial charge in [0.05, 0.1) is 12.6 Å². The number of benzene rings is 1. The van der Waals surface area contributed by atoms with E-state index in [0.717, 1.165) is 16.7 Å². The second kappa shape index (κ2) is 8.27. The fourth-order valence-electron chi connectivity index (χ4n) is 2.49. The van der Waals surface area contributed by atoms with Crippen LogP contribution < -0.4 is 5.32 Å². The third-order valence-corrected chi connectivity index (χ3v) is 4.00. The van der Waals surface area contributed by atoms with Crippen molar-refractivity contribution in [1.82, 2.24) is 19.7 Å². The molecule has 0 aliphatic heterocycles. The van der Waals surface area contributed by atoms with Crippen molar-refractivity contribution in [3.63, 3.8) is 0 Å². The van der Waals surface area contributed by atoms with Gasteiger partial charge in [0.1, 0.15) is 12.4 Å². The molecule has 2 heterocycles. The Morgan fingerprint density at radius 1 is 1.04 bits per heavy atom. The van der Waals surface area contributed by atoms with Crippen molar-refractivity contribution >= 4 is 17.6 Å². The Morgan fingerprint density at radius 3 is 2.48 bits per heavy atom. The zero-order valence-electron chi connectivity index (χ0n) is 15.3. The summed E-state index contributed by atoms with van der Waals surface area (Å²) in [6.45, 7) is 0.189. The molecule has 2 amide bonds. The summed E-state index contributed by atoms with van der Waals surface area (Å²) in [4.78, 5) is 29.7. The second-order valence-corrected chi connectivity index (χ2v) is 6.36. The average Bonchev–Trinajstić information content (AvgIpc) is 3.11. The number of likely N-dealkylation sites (N-methyl/N-ethyl adjacent to an activating group) is 1. The molecule has 0 aliphatic rings. The fourth-order valence-corrected chi connectivity index (χ4v) is 2.49. The molecule has 0 fully saturated rings. The third kappa shape index (κ3) is 5.01. The molecule has 2 aromatic heterocycles. The molecule has 138 valence electrons. The molecule has 27 heavy (non-hydrogen) atoms. The Morgan fingerprint density at radius 2 is 1.81 bits per heavy atom. The Hall–Kier alpha value is -3.48.